The minimum Gasteiger partial charge on any atom is -0.497 e. The molecule has 0 bridgehead atoms. The van der Waals surface area contributed by atoms with Crippen molar-refractivity contribution in [1.82, 2.24) is 44.8 Å². The fourth-order valence-electron chi connectivity index (χ4n) is 22.6. The van der Waals surface area contributed by atoms with Crippen LogP contribution in [0.3, 0.4) is 0 Å². The number of likely N-dealkylation sites (N-methyl/N-ethyl adjacent to an activating group) is 3. The molecule has 0 saturated heterocycles. The quantitative estimate of drug-likeness (QED) is 0.0206. The lowest BCUT2D eigenvalue weighted by molar-refractivity contribution is -0.133. The molecule has 10 aliphatic rings. The van der Waals surface area contributed by atoms with Crippen LogP contribution < -0.4 is 49.6 Å². The maximum absolute atomic E-state index is 13.4. The molecule has 5 aliphatic carbocycles. The number of methoxy groups -OCH3 is 1. The van der Waals surface area contributed by atoms with E-state index in [0.29, 0.717) is 65.4 Å². The molecule has 758 valence electrons. The lowest BCUT2D eigenvalue weighted by Gasteiger charge is -2.35. The number of anilines is 1. The normalized spacial score (nSPS) is 23.8. The van der Waals surface area contributed by atoms with E-state index in [-0.39, 0.29) is 82.7 Å². The smallest absolute Gasteiger partial charge is 0.266 e. The number of rotatable bonds is 28. The number of para-hydroxylation sites is 2. The average molecular weight is 2010 g/mol. The fourth-order valence-corrected chi connectivity index (χ4v) is 22.9. The molecule has 5 fully saturated rings. The van der Waals surface area contributed by atoms with Gasteiger partial charge >= 0.3 is 0 Å². The number of fused-ring (bicyclic) bond motifs is 1. The number of nitrogens with two attached hydrogens (primary N) is 5. The number of aryl methyl sites for hydroxylation is 1. The molecule has 11 aromatic rings. The number of nitrogens with zero attached hydrogens (tertiary/aromatic N) is 11. The van der Waals surface area contributed by atoms with Gasteiger partial charge in [-0.1, -0.05) is 258 Å². The maximum atomic E-state index is 13.4. The van der Waals surface area contributed by atoms with Crippen LogP contribution in [-0.2, 0) is 47.0 Å². The van der Waals surface area contributed by atoms with Crippen LogP contribution in [0.4, 0.5) is 5.95 Å². The van der Waals surface area contributed by atoms with Gasteiger partial charge in [0.05, 0.1) is 23.7 Å². The van der Waals surface area contributed by atoms with Crippen molar-refractivity contribution in [2.75, 3.05) is 46.7 Å². The molecule has 5 aliphatic heterocycles. The van der Waals surface area contributed by atoms with Gasteiger partial charge < -0.3 is 54.0 Å². The largest absolute Gasteiger partial charge is 0.497 e. The Hall–Kier alpha value is -14.5. The number of hydrogen-bond donors (Lipinski definition) is 9. The zero-order valence-corrected chi connectivity index (χ0v) is 85.2. The van der Waals surface area contributed by atoms with Gasteiger partial charge in [-0.05, 0) is 260 Å². The van der Waals surface area contributed by atoms with Gasteiger partial charge in [0, 0.05) is 68.6 Å². The summed E-state index contributed by atoms with van der Waals surface area (Å²) in [5.41, 5.74) is 38.8. The first-order valence-electron chi connectivity index (χ1n) is 51.2. The Morgan fingerprint density at radius 3 is 1.47 bits per heavy atom. The summed E-state index contributed by atoms with van der Waals surface area (Å²) in [4.78, 5) is 132. The van der Waals surface area contributed by atoms with E-state index in [1.54, 1.807) is 44.1 Å². The summed E-state index contributed by atoms with van der Waals surface area (Å²) in [5.74, 6) is 4.61. The number of hydrogen-bond acceptors (Lipinski definition) is 20. The van der Waals surface area contributed by atoms with Gasteiger partial charge in [0.2, 0.25) is 11.5 Å². The standard InChI is InChI=1S/C26H38N6O.C25H31N5O3.C23H21N3O2.C21H22ClN3O.C21H20ClN3O/c1-32-23(33)26(31-24(32)27,15-14-18-8-3-2-4-9-18)17-19-10-7-11-20(16-19)28-25-29-21-12-5-6-13-22(21)30-25;1-30-23(33)25(29-24(30)26,13-12-17-6-3-2-4-7-17)15-18-8-5-9-20(14-18)28-22(32)19-10-11-21(31)27-16-19;1-26-21(27)23(25-22(26)24,18-10-4-3-5-11-18)19-12-6-8-16(14-19)17-9-7-13-20(15-17)28-2;2*1-2-11-25-19(26)21(16-9-10-16,24-20(25)23)17-7-3-5-14(12-17)15-6-4-8-18(22)13-15/h5-6,12-13,18-20H,2-4,7-11,14-17H2,1H3,(H2,27,31)(H2,28,29,30);2-4,6-7,10-11,16,18,20H,5,8-9,12-15H2,1H3,(H2,26,29)(H,27,31)(H,28,32);3-15H,1-2H3,(H2,24,25);3-8,12-13,16H,2,9-11H2,1H3,(H2,23,24);2-8,12-13,16H,1,9-11H2,(H2,23,24)/t19-,20+,26+;18-,20+,25+;;;/m00.../s1. The van der Waals surface area contributed by atoms with Gasteiger partial charge in [-0.3, -0.25) is 58.1 Å². The lowest BCUT2D eigenvalue weighted by Crippen LogP contribution is -2.45. The Balaban J connectivity index is 0.000000125. The minimum atomic E-state index is -1.19. The number of pyridine rings is 1. The van der Waals surface area contributed by atoms with Crippen molar-refractivity contribution in [2.45, 2.75) is 201 Å². The van der Waals surface area contributed by atoms with E-state index in [0.717, 1.165) is 193 Å². The maximum Gasteiger partial charge on any atom is 0.266 e. The predicted octanol–water partition coefficient (Wildman–Crippen LogP) is 18.5. The van der Waals surface area contributed by atoms with Crippen LogP contribution in [0.5, 0.6) is 5.75 Å². The summed E-state index contributed by atoms with van der Waals surface area (Å²) < 4.78 is 5.34. The number of amides is 6. The van der Waals surface area contributed by atoms with E-state index in [4.69, 9.17) is 71.6 Å². The number of halogens is 2. The minimum absolute atomic E-state index is 0.0163. The number of ether oxygens (including phenoxy) is 1. The van der Waals surface area contributed by atoms with Crippen molar-refractivity contribution in [2.24, 2.45) is 83.2 Å². The monoisotopic (exact) mass is 2000 g/mol. The van der Waals surface area contributed by atoms with E-state index in [2.05, 4.69) is 66.4 Å². The molecule has 7 heterocycles. The zero-order valence-electron chi connectivity index (χ0n) is 83.7. The number of nitrogens with one attached hydrogen (secondary N) is 4. The van der Waals surface area contributed by atoms with E-state index in [1.807, 2.05) is 213 Å². The first-order chi connectivity index (χ1) is 70.6. The Kier molecular flexibility index (Phi) is 31.7. The molecule has 6 amide bonds. The second-order valence-electron chi connectivity index (χ2n) is 40.4. The van der Waals surface area contributed by atoms with Gasteiger partial charge in [0.25, 0.3) is 35.4 Å². The number of aliphatic imine (C=N–C) groups is 5. The van der Waals surface area contributed by atoms with Crippen molar-refractivity contribution in [1.29, 1.82) is 0 Å². The molecule has 28 nitrogen and oxygen atoms in total. The van der Waals surface area contributed by atoms with Crippen molar-refractivity contribution >= 4 is 105 Å². The van der Waals surface area contributed by atoms with Crippen LogP contribution in [0.25, 0.3) is 44.4 Å². The van der Waals surface area contributed by atoms with Gasteiger partial charge in [-0.25, -0.2) is 29.9 Å². The van der Waals surface area contributed by atoms with Crippen LogP contribution >= 0.6 is 23.2 Å². The molecule has 146 heavy (non-hydrogen) atoms. The molecule has 2 aromatic heterocycles. The van der Waals surface area contributed by atoms with Crippen LogP contribution in [0.2, 0.25) is 10.0 Å². The van der Waals surface area contributed by atoms with Crippen molar-refractivity contribution in [3.63, 3.8) is 0 Å². The van der Waals surface area contributed by atoms with Gasteiger partial charge in [0.1, 0.15) is 16.8 Å². The molecule has 5 saturated carbocycles. The first-order valence-corrected chi connectivity index (χ1v) is 52.0. The summed E-state index contributed by atoms with van der Waals surface area (Å²) in [7, 11) is 6.75. The second kappa shape index (κ2) is 45.0. The molecule has 21 rings (SSSR count). The lowest BCUT2D eigenvalue weighted by atomic mass is 9.74. The third kappa shape index (κ3) is 22.3. The highest BCUT2D eigenvalue weighted by molar-refractivity contribution is 6.31. The topological polar surface area (TPSA) is 405 Å². The number of benzene rings is 9. The molecule has 3 unspecified atom stereocenters. The molecule has 0 spiro atoms. The summed E-state index contributed by atoms with van der Waals surface area (Å²) in [6, 6.07) is 78.2. The fraction of sp³-hybridized carbons (Fsp3) is 0.371. The molecule has 30 heteroatoms. The van der Waals surface area contributed by atoms with Gasteiger partial charge in [0.15, 0.2) is 46.4 Å². The number of carbonyl (C=O) groups excluding carboxylic acids is 6. The number of carbonyl (C=O) groups is 6. The third-order valence-corrected chi connectivity index (χ3v) is 30.9. The SMILES string of the molecule is C=CCN1C(=O)C(c2cccc(-c3cccc(Cl)c3)c2)(C2CC2)N=C1N.CCCN1C(=O)C(c2cccc(-c3cccc(Cl)c3)c2)(C2CC2)N=C1N.CN1C(=O)[C@@](CCC2CCCCC2)(C[C@H]2CCC[C@@H](Nc3nc4ccccc4[nH]3)C2)N=C1N.CN1C(=O)[C@@](CCc2ccccc2)(C[C@H]2CCC[C@@H](NC(=O)c3ccc(=O)[nH]c3)C2)N=C1N.COc1cccc(-c2cccc(C3(c4ccccc4)N=C(N)N(C)C3=O)c2)c1. The van der Waals surface area contributed by atoms with E-state index in [9.17, 15) is 33.6 Å². The Morgan fingerprint density at radius 2 is 0.952 bits per heavy atom. The highest BCUT2D eigenvalue weighted by Crippen LogP contribution is 2.55. The summed E-state index contributed by atoms with van der Waals surface area (Å²) >= 11 is 12.3. The first kappa shape index (κ1) is 103. The summed E-state index contributed by atoms with van der Waals surface area (Å²) in [5, 5.41) is 8.09. The second-order valence-corrected chi connectivity index (χ2v) is 41.3. The average Bonchev–Trinajstić information content (AvgIpc) is 1.57. The predicted molar refractivity (Wildman–Crippen MR) is 580 cm³/mol. The molecular weight excluding hydrogens is 1870 g/mol. The van der Waals surface area contributed by atoms with Gasteiger partial charge in [-0.2, -0.15) is 0 Å². The zero-order chi connectivity index (χ0) is 103. The van der Waals surface area contributed by atoms with E-state index < -0.39 is 27.7 Å². The van der Waals surface area contributed by atoms with Crippen molar-refractivity contribution < 1.29 is 33.5 Å². The van der Waals surface area contributed by atoms with E-state index >= 15 is 0 Å². The number of H-pyrrole nitrogens is 2. The van der Waals surface area contributed by atoms with Crippen LogP contribution in [-0.4, -0.2) is 169 Å². The third-order valence-electron chi connectivity index (χ3n) is 30.4. The Labute approximate surface area is 863 Å². The molecule has 14 N–H and O–H groups in total. The number of aromatic nitrogens is 3. The molecular formula is C116H132Cl2N20O8. The number of aromatic amines is 2. The van der Waals surface area contributed by atoms with E-state index in [1.165, 1.54) is 70.7 Å². The highest BCUT2D eigenvalue weighted by atomic mass is 35.5. The number of guanidine groups is 5. The van der Waals surface area contributed by atoms with Crippen LogP contribution in [0.1, 0.15) is 193 Å². The highest BCUT2D eigenvalue weighted by Gasteiger charge is 2.60. The van der Waals surface area contributed by atoms with Crippen molar-refractivity contribution in [3.05, 3.63) is 315 Å². The summed E-state index contributed by atoms with van der Waals surface area (Å²) in [6.45, 7) is 6.74. The van der Waals surface area contributed by atoms with Crippen molar-refractivity contribution in [3.8, 4) is 39.1 Å². The van der Waals surface area contributed by atoms with Crippen LogP contribution in [0, 0.1) is 29.6 Å². The van der Waals surface area contributed by atoms with Gasteiger partial charge in [-0.15, -0.1) is 6.58 Å². The van der Waals surface area contributed by atoms with Crippen LogP contribution in [0.15, 0.2) is 291 Å². The molecule has 9 aromatic carbocycles. The summed E-state index contributed by atoms with van der Waals surface area (Å²) in [6.07, 6.45) is 27.3. The number of imidazole rings is 1. The Morgan fingerprint density at radius 1 is 0.473 bits per heavy atom. The Bertz CT molecular complexity index is 6800. The molecule has 0 radical (unpaired) electrons. The molecule has 9 atom stereocenters.